The van der Waals surface area contributed by atoms with Crippen molar-refractivity contribution in [2.24, 2.45) is 0 Å². The molecule has 9 nitrogen and oxygen atoms in total. The summed E-state index contributed by atoms with van der Waals surface area (Å²) in [7, 11) is 0. The van der Waals surface area contributed by atoms with Gasteiger partial charge in [-0.25, -0.2) is 4.98 Å². The van der Waals surface area contributed by atoms with Gasteiger partial charge in [0.1, 0.15) is 5.82 Å². The van der Waals surface area contributed by atoms with E-state index in [9.17, 15) is 4.79 Å². The molecule has 0 fully saturated rings. The zero-order valence-corrected chi connectivity index (χ0v) is 15.8. The normalized spacial score (nSPS) is 11.0. The molecule has 1 aromatic carbocycles. The molecule has 29 heavy (non-hydrogen) atoms. The second-order valence-corrected chi connectivity index (χ2v) is 6.47. The molecule has 0 bridgehead atoms. The Hall–Kier alpha value is -3.59. The molecular weight excluding hydrogens is 370 g/mol. The molecule has 0 radical (unpaired) electrons. The third-order valence-electron chi connectivity index (χ3n) is 4.32. The number of aromatic amines is 1. The maximum absolute atomic E-state index is 12.1. The van der Waals surface area contributed by atoms with Gasteiger partial charge in [-0.15, -0.1) is 0 Å². The van der Waals surface area contributed by atoms with E-state index in [4.69, 9.17) is 4.52 Å². The Labute approximate surface area is 167 Å². The predicted octanol–water partition coefficient (Wildman–Crippen LogP) is 1.65. The van der Waals surface area contributed by atoms with E-state index in [-0.39, 0.29) is 11.7 Å². The number of imidazole rings is 1. The predicted molar refractivity (Wildman–Crippen MR) is 106 cm³/mol. The molecule has 0 aliphatic rings. The Morgan fingerprint density at radius 3 is 2.76 bits per heavy atom. The van der Waals surface area contributed by atoms with Crippen molar-refractivity contribution in [2.75, 3.05) is 13.1 Å². The Bertz CT molecular complexity index is 1040. The fourth-order valence-corrected chi connectivity index (χ4v) is 2.85. The van der Waals surface area contributed by atoms with Crippen molar-refractivity contribution in [3.8, 4) is 0 Å². The summed E-state index contributed by atoms with van der Waals surface area (Å²) in [5.74, 6) is 1.01. The number of aromatic nitrogens is 5. The fraction of sp³-hybridized carbons (Fsp3) is 0.250. The molecule has 9 heteroatoms. The molecular formula is C20H21N7O2. The number of nitrogens with one attached hydrogen (secondary N) is 3. The van der Waals surface area contributed by atoms with E-state index < -0.39 is 0 Å². The van der Waals surface area contributed by atoms with Gasteiger partial charge in [0.15, 0.2) is 0 Å². The van der Waals surface area contributed by atoms with E-state index in [2.05, 4.69) is 35.7 Å². The molecule has 148 valence electrons. The highest BCUT2D eigenvalue weighted by Crippen LogP contribution is 2.10. The van der Waals surface area contributed by atoms with E-state index in [0.29, 0.717) is 25.4 Å². The van der Waals surface area contributed by atoms with Gasteiger partial charge in [0.2, 0.25) is 5.89 Å². The van der Waals surface area contributed by atoms with Crippen LogP contribution in [0.1, 0.15) is 28.0 Å². The quantitative estimate of drug-likeness (QED) is 0.371. The lowest BCUT2D eigenvalue weighted by atomic mass is 10.3. The Morgan fingerprint density at radius 1 is 1.03 bits per heavy atom. The van der Waals surface area contributed by atoms with Gasteiger partial charge in [0.05, 0.1) is 23.3 Å². The molecule has 0 spiro atoms. The third-order valence-corrected chi connectivity index (χ3v) is 4.32. The van der Waals surface area contributed by atoms with Crippen molar-refractivity contribution in [3.63, 3.8) is 0 Å². The number of rotatable bonds is 9. The van der Waals surface area contributed by atoms with E-state index in [1.54, 1.807) is 6.20 Å². The molecule has 0 unspecified atom stereocenters. The van der Waals surface area contributed by atoms with E-state index >= 15 is 0 Å². The van der Waals surface area contributed by atoms with Crippen LogP contribution in [0.5, 0.6) is 0 Å². The largest absolute Gasteiger partial charge is 0.344 e. The molecule has 0 saturated heterocycles. The Morgan fingerprint density at radius 2 is 1.90 bits per heavy atom. The zero-order chi connectivity index (χ0) is 19.9. The van der Waals surface area contributed by atoms with Gasteiger partial charge >= 0.3 is 0 Å². The summed E-state index contributed by atoms with van der Waals surface area (Å²) in [6.45, 7) is 1.75. The van der Waals surface area contributed by atoms with Gasteiger partial charge in [0.25, 0.3) is 11.7 Å². The van der Waals surface area contributed by atoms with Gasteiger partial charge in [-0.3, -0.25) is 9.78 Å². The first-order chi connectivity index (χ1) is 14.3. The number of benzene rings is 1. The van der Waals surface area contributed by atoms with Crippen LogP contribution in [0.15, 0.2) is 53.2 Å². The lowest BCUT2D eigenvalue weighted by Crippen LogP contribution is -2.24. The van der Waals surface area contributed by atoms with Crippen LogP contribution in [0.3, 0.4) is 0 Å². The van der Waals surface area contributed by atoms with Gasteiger partial charge in [-0.1, -0.05) is 23.4 Å². The number of pyridine rings is 1. The number of fused-ring (bicyclic) bond motifs is 1. The van der Waals surface area contributed by atoms with E-state index in [1.807, 2.05) is 42.5 Å². The number of hydrogen-bond acceptors (Lipinski definition) is 7. The SMILES string of the molecule is O=C(NCc1ccccn1)c1noc(CCNCCc2nc3ccccc3[nH]2)n1. The maximum Gasteiger partial charge on any atom is 0.293 e. The van der Waals surface area contributed by atoms with Crippen molar-refractivity contribution in [2.45, 2.75) is 19.4 Å². The summed E-state index contributed by atoms with van der Waals surface area (Å²) in [6, 6.07) is 13.5. The summed E-state index contributed by atoms with van der Waals surface area (Å²) in [5.41, 5.74) is 2.78. The lowest BCUT2D eigenvalue weighted by molar-refractivity contribution is 0.0937. The van der Waals surface area contributed by atoms with Gasteiger partial charge in [-0.2, -0.15) is 4.98 Å². The number of carbonyl (C=O) groups is 1. The number of amides is 1. The summed E-state index contributed by atoms with van der Waals surface area (Å²) in [5, 5.41) is 9.77. The van der Waals surface area contributed by atoms with Crippen LogP contribution < -0.4 is 10.6 Å². The minimum absolute atomic E-state index is 0.0261. The lowest BCUT2D eigenvalue weighted by Gasteiger charge is -2.01. The minimum Gasteiger partial charge on any atom is -0.344 e. The number of hydrogen-bond donors (Lipinski definition) is 3. The average molecular weight is 391 g/mol. The molecule has 4 rings (SSSR count). The molecule has 1 amide bonds. The van der Waals surface area contributed by atoms with E-state index in [1.165, 1.54) is 0 Å². The van der Waals surface area contributed by atoms with Crippen LogP contribution in [0.25, 0.3) is 11.0 Å². The molecule has 0 aliphatic carbocycles. The molecule has 4 aromatic rings. The summed E-state index contributed by atoms with van der Waals surface area (Å²) in [4.78, 5) is 28.2. The second-order valence-electron chi connectivity index (χ2n) is 6.47. The Kier molecular flexibility index (Phi) is 5.87. The first-order valence-corrected chi connectivity index (χ1v) is 9.43. The summed E-state index contributed by atoms with van der Waals surface area (Å²) >= 11 is 0. The van der Waals surface area contributed by atoms with Crippen LogP contribution in [-0.4, -0.2) is 44.1 Å². The number of nitrogens with zero attached hydrogens (tertiary/aromatic N) is 4. The maximum atomic E-state index is 12.1. The second kappa shape index (κ2) is 9.07. The van der Waals surface area contributed by atoms with Crippen LogP contribution >= 0.6 is 0 Å². The molecule has 3 N–H and O–H groups in total. The topological polar surface area (TPSA) is 122 Å². The minimum atomic E-state index is -0.386. The highest BCUT2D eigenvalue weighted by molar-refractivity contribution is 5.90. The van der Waals surface area contributed by atoms with E-state index in [0.717, 1.165) is 35.5 Å². The first-order valence-electron chi connectivity index (χ1n) is 9.43. The van der Waals surface area contributed by atoms with Crippen LogP contribution in [0.4, 0.5) is 0 Å². The smallest absolute Gasteiger partial charge is 0.293 e. The van der Waals surface area contributed by atoms with Crippen LogP contribution in [0.2, 0.25) is 0 Å². The zero-order valence-electron chi connectivity index (χ0n) is 15.8. The molecule has 3 aromatic heterocycles. The Balaban J connectivity index is 1.17. The molecule has 0 saturated carbocycles. The number of carbonyl (C=O) groups excluding carboxylic acids is 1. The molecule has 3 heterocycles. The van der Waals surface area contributed by atoms with Crippen molar-refractivity contribution in [3.05, 3.63) is 71.9 Å². The molecule has 0 aliphatic heterocycles. The highest BCUT2D eigenvalue weighted by Gasteiger charge is 2.14. The van der Waals surface area contributed by atoms with Crippen molar-refractivity contribution >= 4 is 16.9 Å². The third kappa shape index (κ3) is 5.02. The summed E-state index contributed by atoms with van der Waals surface area (Å²) < 4.78 is 5.15. The summed E-state index contributed by atoms with van der Waals surface area (Å²) in [6.07, 6.45) is 3.01. The van der Waals surface area contributed by atoms with Gasteiger partial charge in [0, 0.05) is 32.1 Å². The van der Waals surface area contributed by atoms with Crippen molar-refractivity contribution in [1.82, 2.24) is 35.7 Å². The molecule has 0 atom stereocenters. The number of para-hydroxylation sites is 2. The van der Waals surface area contributed by atoms with Crippen LogP contribution in [0, 0.1) is 0 Å². The highest BCUT2D eigenvalue weighted by atomic mass is 16.5. The fourth-order valence-electron chi connectivity index (χ4n) is 2.85. The first kappa shape index (κ1) is 18.8. The van der Waals surface area contributed by atoms with Crippen molar-refractivity contribution < 1.29 is 9.32 Å². The van der Waals surface area contributed by atoms with Crippen LogP contribution in [-0.2, 0) is 19.4 Å². The standard InChI is InChI=1S/C20H21N7O2/c28-20(23-13-14-5-3-4-10-22-14)19-26-18(29-27-19)9-12-21-11-8-17-24-15-6-1-2-7-16(15)25-17/h1-7,10,21H,8-9,11-13H2,(H,23,28)(H,24,25). The number of H-pyrrole nitrogens is 1. The van der Waals surface area contributed by atoms with Crippen molar-refractivity contribution in [1.29, 1.82) is 0 Å². The van der Waals surface area contributed by atoms with Gasteiger partial charge in [-0.05, 0) is 24.3 Å². The average Bonchev–Trinajstić information content (AvgIpc) is 3.39. The van der Waals surface area contributed by atoms with Gasteiger partial charge < -0.3 is 20.1 Å². The monoisotopic (exact) mass is 391 g/mol.